The van der Waals surface area contributed by atoms with Gasteiger partial charge in [0.15, 0.2) is 0 Å². The molecule has 0 spiro atoms. The van der Waals surface area contributed by atoms with Gasteiger partial charge in [0.05, 0.1) is 17.2 Å². The zero-order valence-corrected chi connectivity index (χ0v) is 11.3. The lowest BCUT2D eigenvalue weighted by Crippen LogP contribution is -2.59. The van der Waals surface area contributed by atoms with E-state index in [1.807, 2.05) is 5.01 Å². The highest BCUT2D eigenvalue weighted by molar-refractivity contribution is 6.10. The molecule has 19 heavy (non-hydrogen) atoms. The molecule has 0 radical (unpaired) electrons. The fourth-order valence-corrected chi connectivity index (χ4v) is 5.91. The Hall–Kier alpha value is -0.900. The Balaban J connectivity index is 1.53. The molecule has 1 N–H and O–H groups in total. The van der Waals surface area contributed by atoms with Gasteiger partial charge in [0.2, 0.25) is 0 Å². The number of hydrogen-bond acceptors (Lipinski definition) is 3. The number of rotatable bonds is 1. The molecule has 5 fully saturated rings. The molecule has 1 amide bonds. The number of carbonyl (C=O) groups excluding carboxylic acids is 1. The molecule has 1 saturated heterocycles. The highest BCUT2D eigenvalue weighted by Gasteiger charge is 2.57. The second kappa shape index (κ2) is 3.40. The topological polar surface area (TPSA) is 44.7 Å². The van der Waals surface area contributed by atoms with Gasteiger partial charge in [0, 0.05) is 13.1 Å². The van der Waals surface area contributed by atoms with E-state index < -0.39 is 0 Å². The van der Waals surface area contributed by atoms with Crippen molar-refractivity contribution in [1.82, 2.24) is 10.3 Å². The molecule has 4 nitrogen and oxygen atoms in total. The lowest BCUT2D eigenvalue weighted by atomic mass is 9.52. The van der Waals surface area contributed by atoms with Crippen LogP contribution in [0, 0.1) is 23.7 Å². The van der Waals surface area contributed by atoms with Crippen molar-refractivity contribution < 1.29 is 4.79 Å². The van der Waals surface area contributed by atoms with Crippen LogP contribution < -0.4 is 5.32 Å². The van der Waals surface area contributed by atoms with Gasteiger partial charge in [0.1, 0.15) is 0 Å². The largest absolute Gasteiger partial charge is 0.310 e. The van der Waals surface area contributed by atoms with E-state index in [4.69, 9.17) is 5.10 Å². The molecule has 4 saturated carbocycles. The Morgan fingerprint density at radius 3 is 2.32 bits per heavy atom. The lowest BCUT2D eigenvalue weighted by molar-refractivity contribution is -0.150. The molecule has 102 valence electrons. The summed E-state index contributed by atoms with van der Waals surface area (Å²) in [6.45, 7) is 1.62. The minimum absolute atomic E-state index is 0.0630. The van der Waals surface area contributed by atoms with Crippen molar-refractivity contribution in [2.75, 3.05) is 13.1 Å². The third kappa shape index (κ3) is 1.33. The van der Waals surface area contributed by atoms with E-state index >= 15 is 0 Å². The van der Waals surface area contributed by atoms with E-state index in [9.17, 15) is 4.79 Å². The molecular weight excluding hydrogens is 238 g/mol. The van der Waals surface area contributed by atoms with Crippen LogP contribution in [-0.4, -0.2) is 35.3 Å². The third-order valence-electron chi connectivity index (χ3n) is 6.25. The summed E-state index contributed by atoms with van der Waals surface area (Å²) < 4.78 is 0. The summed E-state index contributed by atoms with van der Waals surface area (Å²) in [6, 6.07) is 0. The summed E-state index contributed by atoms with van der Waals surface area (Å²) in [5.74, 6) is 2.98. The summed E-state index contributed by atoms with van der Waals surface area (Å²) in [5.41, 5.74) is 1.21. The van der Waals surface area contributed by atoms with Crippen molar-refractivity contribution in [2.24, 2.45) is 28.8 Å². The molecule has 4 aliphatic carbocycles. The van der Waals surface area contributed by atoms with Crippen molar-refractivity contribution in [3.05, 3.63) is 0 Å². The molecule has 0 aromatic rings. The standard InChI is InChI=1S/C15H21N3O/c19-14-12-7-16-8-13(12)17-18(14)15-4-9-1-10(5-15)3-11(2-9)6-15/h9-12,16H,1-8H2. The molecular formula is C15H21N3O. The van der Waals surface area contributed by atoms with Crippen LogP contribution in [0.5, 0.6) is 0 Å². The van der Waals surface area contributed by atoms with Crippen LogP contribution in [0.25, 0.3) is 0 Å². The normalized spacial score (nSPS) is 50.8. The quantitative estimate of drug-likeness (QED) is 0.773. The second-order valence-corrected chi connectivity index (χ2v) is 7.57. The average Bonchev–Trinajstić information content (AvgIpc) is 2.91. The smallest absolute Gasteiger partial charge is 0.253 e. The molecule has 1 atom stereocenters. The van der Waals surface area contributed by atoms with Crippen LogP contribution in [0.2, 0.25) is 0 Å². The zero-order valence-electron chi connectivity index (χ0n) is 11.3. The van der Waals surface area contributed by atoms with Gasteiger partial charge in [-0.05, 0) is 56.3 Å². The Kier molecular flexibility index (Phi) is 1.94. The zero-order chi connectivity index (χ0) is 12.6. The van der Waals surface area contributed by atoms with Crippen LogP contribution >= 0.6 is 0 Å². The second-order valence-electron chi connectivity index (χ2n) is 7.57. The first-order chi connectivity index (χ1) is 9.23. The summed E-state index contributed by atoms with van der Waals surface area (Å²) in [4.78, 5) is 12.7. The molecule has 4 heteroatoms. The summed E-state index contributed by atoms with van der Waals surface area (Å²) in [6.07, 6.45) is 7.93. The summed E-state index contributed by atoms with van der Waals surface area (Å²) >= 11 is 0. The van der Waals surface area contributed by atoms with Crippen LogP contribution in [0.4, 0.5) is 0 Å². The first kappa shape index (κ1) is 10.8. The maximum atomic E-state index is 12.7. The number of carbonyl (C=O) groups is 1. The minimum atomic E-state index is 0.0630. The van der Waals surface area contributed by atoms with Crippen molar-refractivity contribution in [2.45, 2.75) is 44.1 Å². The van der Waals surface area contributed by atoms with Gasteiger partial charge >= 0.3 is 0 Å². The Bertz CT molecular complexity index is 448. The maximum absolute atomic E-state index is 12.7. The van der Waals surface area contributed by atoms with E-state index in [0.29, 0.717) is 5.91 Å². The van der Waals surface area contributed by atoms with Crippen molar-refractivity contribution in [3.63, 3.8) is 0 Å². The maximum Gasteiger partial charge on any atom is 0.253 e. The Labute approximate surface area is 113 Å². The summed E-state index contributed by atoms with van der Waals surface area (Å²) in [5, 5.41) is 10.0. The molecule has 1 unspecified atom stereocenters. The fraction of sp³-hybridized carbons (Fsp3) is 0.867. The number of fused-ring (bicyclic) bond motifs is 1. The molecule has 6 aliphatic rings. The highest BCUT2D eigenvalue weighted by Crippen LogP contribution is 2.58. The van der Waals surface area contributed by atoms with Gasteiger partial charge in [0.25, 0.3) is 5.91 Å². The fourth-order valence-electron chi connectivity index (χ4n) is 5.91. The van der Waals surface area contributed by atoms with Crippen LogP contribution in [-0.2, 0) is 4.79 Å². The molecule has 4 bridgehead atoms. The van der Waals surface area contributed by atoms with Crippen molar-refractivity contribution >= 4 is 11.6 Å². The van der Waals surface area contributed by atoms with E-state index in [-0.39, 0.29) is 11.5 Å². The predicted molar refractivity (Wildman–Crippen MR) is 71.5 cm³/mol. The van der Waals surface area contributed by atoms with Gasteiger partial charge in [-0.3, -0.25) is 4.79 Å². The number of nitrogens with one attached hydrogen (secondary N) is 1. The van der Waals surface area contributed by atoms with E-state index in [0.717, 1.165) is 36.6 Å². The van der Waals surface area contributed by atoms with Gasteiger partial charge in [-0.15, -0.1) is 0 Å². The predicted octanol–water partition coefficient (Wildman–Crippen LogP) is 1.37. The lowest BCUT2D eigenvalue weighted by Gasteiger charge is -2.58. The van der Waals surface area contributed by atoms with E-state index in [2.05, 4.69) is 5.32 Å². The SMILES string of the molecule is O=C1C2CNCC2=NN1C12CC3CC(CC(C3)C1)C2. The number of hydrazone groups is 1. The molecule has 6 rings (SSSR count). The average molecular weight is 259 g/mol. The van der Waals surface area contributed by atoms with Gasteiger partial charge in [-0.2, -0.15) is 5.10 Å². The molecule has 2 aliphatic heterocycles. The van der Waals surface area contributed by atoms with Crippen LogP contribution in [0.3, 0.4) is 0 Å². The monoisotopic (exact) mass is 259 g/mol. The van der Waals surface area contributed by atoms with E-state index in [1.165, 1.54) is 38.5 Å². The van der Waals surface area contributed by atoms with Crippen LogP contribution in [0.15, 0.2) is 5.10 Å². The molecule has 0 aromatic heterocycles. The number of amides is 1. The van der Waals surface area contributed by atoms with E-state index in [1.54, 1.807) is 0 Å². The Morgan fingerprint density at radius 1 is 1.11 bits per heavy atom. The van der Waals surface area contributed by atoms with Crippen molar-refractivity contribution in [3.8, 4) is 0 Å². The first-order valence-corrected chi connectivity index (χ1v) is 7.86. The number of hydrogen-bond donors (Lipinski definition) is 1. The Morgan fingerprint density at radius 2 is 1.74 bits per heavy atom. The summed E-state index contributed by atoms with van der Waals surface area (Å²) in [7, 11) is 0. The van der Waals surface area contributed by atoms with Crippen molar-refractivity contribution in [1.29, 1.82) is 0 Å². The first-order valence-electron chi connectivity index (χ1n) is 7.86. The highest BCUT2D eigenvalue weighted by atomic mass is 16.2. The number of nitrogens with zero attached hydrogens (tertiary/aromatic N) is 2. The minimum Gasteiger partial charge on any atom is -0.310 e. The van der Waals surface area contributed by atoms with Crippen LogP contribution in [0.1, 0.15) is 38.5 Å². The van der Waals surface area contributed by atoms with Gasteiger partial charge < -0.3 is 5.32 Å². The molecule has 2 heterocycles. The van der Waals surface area contributed by atoms with Gasteiger partial charge in [-0.1, -0.05) is 0 Å². The third-order valence-corrected chi connectivity index (χ3v) is 6.25. The van der Waals surface area contributed by atoms with Gasteiger partial charge in [-0.25, -0.2) is 5.01 Å². The molecule has 0 aromatic carbocycles.